The van der Waals surface area contributed by atoms with E-state index in [9.17, 15) is 27.9 Å². The third-order valence-corrected chi connectivity index (χ3v) is 10.2. The summed E-state index contributed by atoms with van der Waals surface area (Å²) in [7, 11) is 0. The maximum absolute atomic E-state index is 13.0. The van der Waals surface area contributed by atoms with Crippen LogP contribution in [0.4, 0.5) is 13.2 Å². The van der Waals surface area contributed by atoms with Crippen LogP contribution in [0.2, 0.25) is 0 Å². The van der Waals surface area contributed by atoms with Gasteiger partial charge in [-0.15, -0.1) is 11.8 Å². The van der Waals surface area contributed by atoms with E-state index < -0.39 is 30.3 Å². The number of ether oxygens (including phenoxy) is 2. The standard InChI is InChI=1S/C38H38F3N3O5S/c1-24-32(23-50-33-9-2-3-18-42-33)48-36(49-34(24)28-12-10-25(22-45)11-13-28)29-16-14-27(15-17-29)30-7-4-6-26(20-30)21-43-35(46)31-8-5-19-44(31)37(47)38(39,40)41/h2-4,6-7,9-18,20,24,31-32,34,36,45H,5,8,19,21-23H2,1H3,(H,43,46)/t24-,31-,32+,34+,36+/m0/s1. The Hall–Kier alpha value is -4.23. The van der Waals surface area contributed by atoms with E-state index in [0.29, 0.717) is 17.1 Å². The topological polar surface area (TPSA) is 101 Å². The maximum Gasteiger partial charge on any atom is 0.471 e. The first-order chi connectivity index (χ1) is 24.1. The normalized spacial score (nSPS) is 22.3. The zero-order chi connectivity index (χ0) is 35.3. The number of hydrogen-bond donors (Lipinski definition) is 2. The summed E-state index contributed by atoms with van der Waals surface area (Å²) in [6, 6.07) is 27.9. The van der Waals surface area contributed by atoms with Crippen LogP contribution in [0.5, 0.6) is 0 Å². The van der Waals surface area contributed by atoms with Gasteiger partial charge in [-0.25, -0.2) is 4.98 Å². The summed E-state index contributed by atoms with van der Waals surface area (Å²) in [5.41, 5.74) is 5.26. The summed E-state index contributed by atoms with van der Waals surface area (Å²) in [4.78, 5) is 29.6. The van der Waals surface area contributed by atoms with Gasteiger partial charge in [0, 0.05) is 36.5 Å². The smallest absolute Gasteiger partial charge is 0.392 e. The van der Waals surface area contributed by atoms with E-state index >= 15 is 0 Å². The number of likely N-dealkylation sites (tertiary alicyclic amines) is 1. The van der Waals surface area contributed by atoms with E-state index in [1.807, 2.05) is 91.0 Å². The first-order valence-corrected chi connectivity index (χ1v) is 17.5. The molecule has 12 heteroatoms. The van der Waals surface area contributed by atoms with Crippen molar-refractivity contribution in [2.24, 2.45) is 5.92 Å². The van der Waals surface area contributed by atoms with Gasteiger partial charge in [-0.1, -0.05) is 79.7 Å². The van der Waals surface area contributed by atoms with E-state index in [1.165, 1.54) is 0 Å². The Morgan fingerprint density at radius 1 is 0.940 bits per heavy atom. The summed E-state index contributed by atoms with van der Waals surface area (Å²) in [6.45, 7) is 2.10. The molecule has 2 N–H and O–H groups in total. The fourth-order valence-corrected chi connectivity index (χ4v) is 7.38. The lowest BCUT2D eigenvalue weighted by atomic mass is 9.91. The van der Waals surface area contributed by atoms with Crippen molar-refractivity contribution in [3.05, 3.63) is 119 Å². The van der Waals surface area contributed by atoms with E-state index in [4.69, 9.17) is 9.47 Å². The summed E-state index contributed by atoms with van der Waals surface area (Å²) >= 11 is 1.63. The molecule has 0 bridgehead atoms. The van der Waals surface area contributed by atoms with Gasteiger partial charge in [-0.05, 0) is 58.9 Å². The zero-order valence-electron chi connectivity index (χ0n) is 27.4. The SMILES string of the molecule is C[C@H]1[C@@H](CSc2ccccn2)O[C@@H](c2ccc(-c3cccc(CNC(=O)[C@@H]4CCCN4C(=O)C(F)(F)F)c3)cc2)O[C@H]1c1ccc(CO)cc1. The molecule has 0 spiro atoms. The summed E-state index contributed by atoms with van der Waals surface area (Å²) in [5, 5.41) is 13.2. The third-order valence-electron chi connectivity index (χ3n) is 9.13. The van der Waals surface area contributed by atoms with Gasteiger partial charge >= 0.3 is 12.1 Å². The molecular formula is C38H38F3N3O5S. The number of carbonyl (C=O) groups excluding carboxylic acids is 2. The van der Waals surface area contributed by atoms with Crippen LogP contribution < -0.4 is 5.32 Å². The molecule has 0 unspecified atom stereocenters. The highest BCUT2D eigenvalue weighted by Crippen LogP contribution is 2.43. The van der Waals surface area contributed by atoms with Crippen LogP contribution in [0, 0.1) is 5.92 Å². The molecule has 0 saturated carbocycles. The quantitative estimate of drug-likeness (QED) is 0.172. The van der Waals surface area contributed by atoms with Crippen molar-refractivity contribution < 1.29 is 37.3 Å². The van der Waals surface area contributed by atoms with Gasteiger partial charge in [-0.3, -0.25) is 9.59 Å². The zero-order valence-corrected chi connectivity index (χ0v) is 28.2. The Bertz CT molecular complexity index is 1760. The van der Waals surface area contributed by atoms with E-state index in [0.717, 1.165) is 38.4 Å². The fourth-order valence-electron chi connectivity index (χ4n) is 6.36. The highest BCUT2D eigenvalue weighted by Gasteiger charge is 2.47. The average Bonchev–Trinajstić information content (AvgIpc) is 3.63. The molecule has 1 aromatic heterocycles. The van der Waals surface area contributed by atoms with Crippen LogP contribution in [0.3, 0.4) is 0 Å². The molecule has 0 aliphatic carbocycles. The van der Waals surface area contributed by atoms with Crippen LogP contribution in [0.1, 0.15) is 54.4 Å². The molecule has 2 saturated heterocycles. The lowest BCUT2D eigenvalue weighted by Crippen LogP contribution is -2.50. The number of aliphatic hydroxyl groups is 1. The minimum atomic E-state index is -5.02. The van der Waals surface area contributed by atoms with E-state index in [1.54, 1.807) is 18.0 Å². The highest BCUT2D eigenvalue weighted by atomic mass is 32.2. The van der Waals surface area contributed by atoms with E-state index in [2.05, 4.69) is 17.2 Å². The monoisotopic (exact) mass is 705 g/mol. The second-order valence-electron chi connectivity index (χ2n) is 12.5. The molecule has 3 heterocycles. The molecule has 0 radical (unpaired) electrons. The minimum Gasteiger partial charge on any atom is -0.392 e. The highest BCUT2D eigenvalue weighted by molar-refractivity contribution is 7.99. The third kappa shape index (κ3) is 8.38. The van der Waals surface area contributed by atoms with Crippen molar-refractivity contribution in [1.29, 1.82) is 0 Å². The second-order valence-corrected chi connectivity index (χ2v) is 13.5. The predicted octanol–water partition coefficient (Wildman–Crippen LogP) is 6.99. The van der Waals surface area contributed by atoms with E-state index in [-0.39, 0.29) is 44.2 Å². The second kappa shape index (κ2) is 15.8. The van der Waals surface area contributed by atoms with Crippen molar-refractivity contribution in [1.82, 2.24) is 15.2 Å². The van der Waals surface area contributed by atoms with Gasteiger partial charge in [0.2, 0.25) is 5.91 Å². The number of rotatable bonds is 10. The van der Waals surface area contributed by atoms with Crippen molar-refractivity contribution >= 4 is 23.6 Å². The lowest BCUT2D eigenvalue weighted by molar-refractivity contribution is -0.268. The van der Waals surface area contributed by atoms with Crippen LogP contribution in [0.15, 0.2) is 102 Å². The van der Waals surface area contributed by atoms with Crippen molar-refractivity contribution in [3.8, 4) is 11.1 Å². The number of nitrogens with one attached hydrogen (secondary N) is 1. The molecular weight excluding hydrogens is 667 g/mol. The first kappa shape index (κ1) is 35.6. The molecule has 2 amide bonds. The molecule has 2 aliphatic heterocycles. The van der Waals surface area contributed by atoms with Crippen molar-refractivity contribution in [3.63, 3.8) is 0 Å². The molecule has 2 aliphatic rings. The summed E-state index contributed by atoms with van der Waals surface area (Å²) in [5.74, 6) is -1.87. The Labute approximate surface area is 293 Å². The number of aliphatic hydroxyl groups excluding tert-OH is 1. The average molecular weight is 706 g/mol. The molecule has 262 valence electrons. The number of thioether (sulfide) groups is 1. The number of amides is 2. The van der Waals surface area contributed by atoms with Gasteiger partial charge < -0.3 is 24.8 Å². The number of nitrogens with zero attached hydrogens (tertiary/aromatic N) is 2. The number of pyridine rings is 1. The van der Waals surface area contributed by atoms with Crippen molar-refractivity contribution in [2.75, 3.05) is 12.3 Å². The number of alkyl halides is 3. The van der Waals surface area contributed by atoms with Gasteiger partial charge in [0.25, 0.3) is 0 Å². The van der Waals surface area contributed by atoms with Crippen LogP contribution in [-0.2, 0) is 32.2 Å². The number of benzene rings is 3. The molecule has 6 rings (SSSR count). The first-order valence-electron chi connectivity index (χ1n) is 16.5. The molecule has 50 heavy (non-hydrogen) atoms. The van der Waals surface area contributed by atoms with Gasteiger partial charge in [0.05, 0.1) is 23.8 Å². The Morgan fingerprint density at radius 3 is 2.40 bits per heavy atom. The maximum atomic E-state index is 13.0. The molecule has 2 fully saturated rings. The van der Waals surface area contributed by atoms with Crippen LogP contribution in [0.25, 0.3) is 11.1 Å². The number of halogens is 3. The predicted molar refractivity (Wildman–Crippen MR) is 182 cm³/mol. The molecule has 3 aromatic carbocycles. The number of aromatic nitrogens is 1. The summed E-state index contributed by atoms with van der Waals surface area (Å²) < 4.78 is 52.2. The lowest BCUT2D eigenvalue weighted by Gasteiger charge is -2.41. The fraction of sp³-hybridized carbons (Fsp3) is 0.342. The number of carbonyl (C=O) groups is 2. The Morgan fingerprint density at radius 2 is 1.70 bits per heavy atom. The van der Waals surface area contributed by atoms with Gasteiger partial charge in [0.15, 0.2) is 6.29 Å². The number of hydrogen-bond acceptors (Lipinski definition) is 7. The molecule has 8 nitrogen and oxygen atoms in total. The van der Waals surface area contributed by atoms with Crippen LogP contribution in [-0.4, -0.2) is 57.4 Å². The summed E-state index contributed by atoms with van der Waals surface area (Å²) in [6.07, 6.45) is -3.73. The Balaban J connectivity index is 1.14. The van der Waals surface area contributed by atoms with Gasteiger partial charge in [0.1, 0.15) is 6.04 Å². The molecule has 4 aromatic rings. The largest absolute Gasteiger partial charge is 0.471 e. The Kier molecular flexibility index (Phi) is 11.2. The van der Waals surface area contributed by atoms with Gasteiger partial charge in [-0.2, -0.15) is 13.2 Å². The minimum absolute atomic E-state index is 0.0341. The van der Waals surface area contributed by atoms with Crippen LogP contribution >= 0.6 is 11.8 Å². The molecule has 5 atom stereocenters. The van der Waals surface area contributed by atoms with Crippen molar-refractivity contribution in [2.45, 2.75) is 68.7 Å².